The van der Waals surface area contributed by atoms with Gasteiger partial charge in [0.15, 0.2) is 12.7 Å². The normalized spacial score (nSPS) is 11.3. The van der Waals surface area contributed by atoms with Gasteiger partial charge in [0.1, 0.15) is 11.4 Å². The molecule has 8 nitrogen and oxygen atoms in total. The summed E-state index contributed by atoms with van der Waals surface area (Å²) in [6.07, 6.45) is -0.921. The van der Waals surface area contributed by atoms with E-state index in [4.69, 9.17) is 21.1 Å². The number of amides is 1. The Morgan fingerprint density at radius 3 is 2.58 bits per heavy atom. The van der Waals surface area contributed by atoms with Gasteiger partial charge in [-0.05, 0) is 31.2 Å². The zero-order chi connectivity index (χ0) is 19.1. The third kappa shape index (κ3) is 5.45. The Labute approximate surface area is 153 Å². The van der Waals surface area contributed by atoms with Gasteiger partial charge in [-0.1, -0.05) is 29.8 Å². The highest BCUT2D eigenvalue weighted by molar-refractivity contribution is 6.31. The van der Waals surface area contributed by atoms with E-state index >= 15 is 0 Å². The molecule has 0 saturated heterocycles. The number of benzene rings is 2. The number of nitrogens with zero attached hydrogens (tertiary/aromatic N) is 1. The second kappa shape index (κ2) is 8.82. The average Bonchev–Trinajstić information content (AvgIpc) is 2.61. The number of para-hydroxylation sites is 1. The minimum absolute atomic E-state index is 0.0472. The second-order valence-electron chi connectivity index (χ2n) is 5.15. The maximum Gasteiger partial charge on any atom is 0.347 e. The molecule has 1 atom stereocenters. The fourth-order valence-corrected chi connectivity index (χ4v) is 2.12. The molecule has 0 unspecified atom stereocenters. The number of nitro groups is 1. The van der Waals surface area contributed by atoms with Crippen molar-refractivity contribution in [1.82, 2.24) is 0 Å². The number of carbonyl (C=O) groups excluding carboxylic acids is 2. The van der Waals surface area contributed by atoms with E-state index in [2.05, 4.69) is 5.32 Å². The number of nitro benzene ring substituents is 1. The van der Waals surface area contributed by atoms with E-state index in [1.165, 1.54) is 19.1 Å². The third-order valence-corrected chi connectivity index (χ3v) is 3.40. The summed E-state index contributed by atoms with van der Waals surface area (Å²) >= 11 is 5.70. The molecule has 0 aromatic heterocycles. The highest BCUT2D eigenvalue weighted by Crippen LogP contribution is 2.27. The fourth-order valence-electron chi connectivity index (χ4n) is 1.95. The number of halogens is 1. The Bertz CT molecular complexity index is 812. The van der Waals surface area contributed by atoms with Crippen molar-refractivity contribution < 1.29 is 24.0 Å². The van der Waals surface area contributed by atoms with Crippen LogP contribution in [0.15, 0.2) is 48.5 Å². The molecule has 2 rings (SSSR count). The van der Waals surface area contributed by atoms with Crippen molar-refractivity contribution in [3.8, 4) is 5.75 Å². The third-order valence-electron chi connectivity index (χ3n) is 3.16. The summed E-state index contributed by atoms with van der Waals surface area (Å²) in [6, 6.07) is 12.5. The van der Waals surface area contributed by atoms with Crippen LogP contribution in [0.3, 0.4) is 0 Å². The molecule has 0 saturated carbocycles. The molecule has 0 aliphatic heterocycles. The highest BCUT2D eigenvalue weighted by atomic mass is 35.5. The largest absolute Gasteiger partial charge is 0.479 e. The van der Waals surface area contributed by atoms with Crippen LogP contribution in [0.4, 0.5) is 11.4 Å². The minimum atomic E-state index is -0.921. The summed E-state index contributed by atoms with van der Waals surface area (Å²) in [7, 11) is 0. The first kappa shape index (κ1) is 19.2. The number of ether oxygens (including phenoxy) is 2. The summed E-state index contributed by atoms with van der Waals surface area (Å²) in [5.74, 6) is -0.983. The minimum Gasteiger partial charge on any atom is -0.479 e. The van der Waals surface area contributed by atoms with Gasteiger partial charge in [-0.15, -0.1) is 0 Å². The van der Waals surface area contributed by atoms with Crippen molar-refractivity contribution >= 4 is 34.9 Å². The zero-order valence-corrected chi connectivity index (χ0v) is 14.4. The van der Waals surface area contributed by atoms with E-state index in [9.17, 15) is 19.7 Å². The SMILES string of the molecule is C[C@@H](Oc1ccccc1)C(=O)OCC(=O)Nc1ccc(Cl)cc1[N+](=O)[O-]. The van der Waals surface area contributed by atoms with E-state index in [-0.39, 0.29) is 16.4 Å². The molecule has 0 bridgehead atoms. The predicted octanol–water partition coefficient (Wildman–Crippen LogP) is 3.20. The molecule has 0 heterocycles. The fraction of sp³-hybridized carbons (Fsp3) is 0.176. The van der Waals surface area contributed by atoms with E-state index in [0.29, 0.717) is 5.75 Å². The molecule has 0 spiro atoms. The van der Waals surface area contributed by atoms with Gasteiger partial charge in [0, 0.05) is 11.1 Å². The van der Waals surface area contributed by atoms with Crippen molar-refractivity contribution in [2.24, 2.45) is 0 Å². The first-order valence-electron chi connectivity index (χ1n) is 7.49. The summed E-state index contributed by atoms with van der Waals surface area (Å²) < 4.78 is 10.2. The Kier molecular flexibility index (Phi) is 6.51. The Morgan fingerprint density at radius 1 is 1.23 bits per heavy atom. The molecule has 2 aromatic rings. The molecule has 26 heavy (non-hydrogen) atoms. The maximum absolute atomic E-state index is 11.9. The Hall–Kier alpha value is -3.13. The van der Waals surface area contributed by atoms with Crippen LogP contribution in [0.2, 0.25) is 5.02 Å². The number of anilines is 1. The van der Waals surface area contributed by atoms with Crippen LogP contribution in [0.1, 0.15) is 6.92 Å². The van der Waals surface area contributed by atoms with Crippen LogP contribution < -0.4 is 10.1 Å². The number of carbonyl (C=O) groups is 2. The summed E-state index contributed by atoms with van der Waals surface area (Å²) in [4.78, 5) is 34.0. The van der Waals surface area contributed by atoms with Crippen molar-refractivity contribution in [1.29, 1.82) is 0 Å². The predicted molar refractivity (Wildman–Crippen MR) is 94.2 cm³/mol. The van der Waals surface area contributed by atoms with Crippen molar-refractivity contribution in [2.75, 3.05) is 11.9 Å². The smallest absolute Gasteiger partial charge is 0.347 e. The summed E-state index contributed by atoms with van der Waals surface area (Å²) in [5.41, 5.74) is -0.410. The van der Waals surface area contributed by atoms with Gasteiger partial charge in [0.25, 0.3) is 11.6 Å². The van der Waals surface area contributed by atoms with Gasteiger partial charge in [-0.3, -0.25) is 14.9 Å². The van der Waals surface area contributed by atoms with Gasteiger partial charge in [-0.2, -0.15) is 0 Å². The van der Waals surface area contributed by atoms with Crippen molar-refractivity contribution in [3.05, 3.63) is 63.7 Å². The zero-order valence-electron chi connectivity index (χ0n) is 13.7. The lowest BCUT2D eigenvalue weighted by molar-refractivity contribution is -0.383. The topological polar surface area (TPSA) is 108 Å². The van der Waals surface area contributed by atoms with Crippen molar-refractivity contribution in [3.63, 3.8) is 0 Å². The van der Waals surface area contributed by atoms with E-state index in [1.54, 1.807) is 30.3 Å². The molecule has 0 fully saturated rings. The molecule has 0 aliphatic rings. The molecular weight excluding hydrogens is 364 g/mol. The summed E-state index contributed by atoms with van der Waals surface area (Å²) in [5, 5.41) is 13.4. The molecular formula is C17H15ClN2O6. The monoisotopic (exact) mass is 378 g/mol. The van der Waals surface area contributed by atoms with Crippen LogP contribution in [0, 0.1) is 10.1 Å². The molecule has 136 valence electrons. The van der Waals surface area contributed by atoms with Crippen LogP contribution in [-0.2, 0) is 14.3 Å². The lowest BCUT2D eigenvalue weighted by Crippen LogP contribution is -2.29. The molecule has 1 N–H and O–H groups in total. The molecule has 0 radical (unpaired) electrons. The second-order valence-corrected chi connectivity index (χ2v) is 5.58. The van der Waals surface area contributed by atoms with Gasteiger partial charge >= 0.3 is 5.97 Å². The first-order chi connectivity index (χ1) is 12.4. The summed E-state index contributed by atoms with van der Waals surface area (Å²) in [6.45, 7) is 0.873. The molecule has 1 amide bonds. The molecule has 0 aliphatic carbocycles. The van der Waals surface area contributed by atoms with Crippen LogP contribution in [0.5, 0.6) is 5.75 Å². The number of rotatable bonds is 7. The maximum atomic E-state index is 11.9. The van der Waals surface area contributed by atoms with Crippen LogP contribution in [-0.4, -0.2) is 29.5 Å². The van der Waals surface area contributed by atoms with Gasteiger partial charge in [-0.25, -0.2) is 4.79 Å². The first-order valence-corrected chi connectivity index (χ1v) is 7.86. The number of nitrogens with one attached hydrogen (secondary N) is 1. The van der Waals surface area contributed by atoms with Gasteiger partial charge < -0.3 is 14.8 Å². The average molecular weight is 379 g/mol. The number of hydrogen-bond acceptors (Lipinski definition) is 6. The van der Waals surface area contributed by atoms with Crippen molar-refractivity contribution in [2.45, 2.75) is 13.0 Å². The molecule has 9 heteroatoms. The van der Waals surface area contributed by atoms with E-state index < -0.39 is 29.5 Å². The Morgan fingerprint density at radius 2 is 1.92 bits per heavy atom. The van der Waals surface area contributed by atoms with Gasteiger partial charge in [0.2, 0.25) is 0 Å². The number of esters is 1. The highest BCUT2D eigenvalue weighted by Gasteiger charge is 2.20. The van der Waals surface area contributed by atoms with Crippen LogP contribution >= 0.6 is 11.6 Å². The molecule has 2 aromatic carbocycles. The quantitative estimate of drug-likeness (QED) is 0.450. The lowest BCUT2D eigenvalue weighted by Gasteiger charge is -2.13. The van der Waals surface area contributed by atoms with E-state index in [0.717, 1.165) is 6.07 Å². The van der Waals surface area contributed by atoms with E-state index in [1.807, 2.05) is 0 Å². The Balaban J connectivity index is 1.88. The lowest BCUT2D eigenvalue weighted by atomic mass is 10.2. The standard InChI is InChI=1S/C17H15ClN2O6/c1-11(26-13-5-3-2-4-6-13)17(22)25-10-16(21)19-14-8-7-12(18)9-15(14)20(23)24/h2-9,11H,10H2,1H3,(H,19,21)/t11-/m1/s1. The van der Waals surface area contributed by atoms with Gasteiger partial charge in [0.05, 0.1) is 4.92 Å². The number of hydrogen-bond donors (Lipinski definition) is 1. The van der Waals surface area contributed by atoms with Crippen LogP contribution in [0.25, 0.3) is 0 Å².